The highest BCUT2D eigenvalue weighted by molar-refractivity contribution is 5.85. The first-order chi connectivity index (χ1) is 15.8. The molecule has 162 valence electrons. The number of fused-ring (bicyclic) bond motifs is 2. The largest absolute Gasteiger partial charge is 0.454 e. The summed E-state index contributed by atoms with van der Waals surface area (Å²) in [5, 5.41) is 6.76. The molecule has 4 heterocycles. The number of morpholine rings is 1. The average Bonchev–Trinajstić information content (AvgIpc) is 3.33. The first-order valence-electron chi connectivity index (χ1n) is 10.7. The van der Waals surface area contributed by atoms with E-state index in [1.165, 1.54) is 5.69 Å². The van der Waals surface area contributed by atoms with Crippen LogP contribution < -0.4 is 25.0 Å². The molecule has 0 bridgehead atoms. The predicted octanol–water partition coefficient (Wildman–Crippen LogP) is 4.01. The maximum atomic E-state index is 5.55. The molecule has 8 nitrogen and oxygen atoms in total. The van der Waals surface area contributed by atoms with Crippen LogP contribution >= 0.6 is 0 Å². The summed E-state index contributed by atoms with van der Waals surface area (Å²) in [6.07, 6.45) is 1.73. The Morgan fingerprint density at radius 3 is 2.66 bits per heavy atom. The molecule has 6 rings (SSSR count). The molecule has 0 unspecified atom stereocenters. The number of aromatic nitrogens is 1. The highest BCUT2D eigenvalue weighted by Gasteiger charge is 2.19. The lowest BCUT2D eigenvalue weighted by atomic mass is 10.1. The zero-order valence-corrected chi connectivity index (χ0v) is 17.5. The molecular formula is C24H23N5O3. The molecule has 32 heavy (non-hydrogen) atoms. The van der Waals surface area contributed by atoms with Crippen molar-refractivity contribution in [3.8, 4) is 22.8 Å². The van der Waals surface area contributed by atoms with Crippen molar-refractivity contribution < 1.29 is 14.2 Å². The van der Waals surface area contributed by atoms with Gasteiger partial charge in [-0.2, -0.15) is 0 Å². The summed E-state index contributed by atoms with van der Waals surface area (Å²) in [5.74, 6) is 2.29. The monoisotopic (exact) mass is 429 g/mol. The number of hydrogen-bond acceptors (Lipinski definition) is 8. The fourth-order valence-electron chi connectivity index (χ4n) is 4.13. The third-order valence-electron chi connectivity index (χ3n) is 5.86. The van der Waals surface area contributed by atoms with Crippen LogP contribution in [0.5, 0.6) is 11.5 Å². The Morgan fingerprint density at radius 2 is 1.78 bits per heavy atom. The molecule has 1 aromatic heterocycles. The second-order valence-corrected chi connectivity index (χ2v) is 7.84. The number of nitrogens with zero attached hydrogens (tertiary/aromatic N) is 3. The van der Waals surface area contributed by atoms with Crippen LogP contribution in [-0.2, 0) is 11.3 Å². The van der Waals surface area contributed by atoms with E-state index in [2.05, 4.69) is 44.8 Å². The summed E-state index contributed by atoms with van der Waals surface area (Å²) in [5.41, 5.74) is 6.03. The van der Waals surface area contributed by atoms with Crippen LogP contribution in [-0.4, -0.2) is 44.4 Å². The fraction of sp³-hybridized carbons (Fsp3) is 0.250. The number of hydrogen-bond donors (Lipinski definition) is 2. The lowest BCUT2D eigenvalue weighted by Gasteiger charge is -2.29. The van der Waals surface area contributed by atoms with E-state index < -0.39 is 0 Å². The van der Waals surface area contributed by atoms with Crippen molar-refractivity contribution in [2.75, 3.05) is 48.6 Å². The van der Waals surface area contributed by atoms with Crippen LogP contribution in [0.2, 0.25) is 0 Å². The summed E-state index contributed by atoms with van der Waals surface area (Å²) in [6.45, 7) is 4.21. The smallest absolute Gasteiger partial charge is 0.231 e. The van der Waals surface area contributed by atoms with Crippen molar-refractivity contribution in [3.05, 3.63) is 54.1 Å². The standard InChI is InChI=1S/C24H23N5O3/c1-6-22-23(32-15-31-22)11-16(1)20-12-21-19(13-25-14-26-21)24(28-20)27-17-2-4-18(5-3-17)29-7-9-30-10-8-29/h1-6,11-12,14H,7-10,13,15H2,(H,25,26)(H,27,28). The topological polar surface area (TPSA) is 80.2 Å². The van der Waals surface area contributed by atoms with Gasteiger partial charge in [0, 0.05) is 35.6 Å². The van der Waals surface area contributed by atoms with Crippen LogP contribution in [0.1, 0.15) is 5.56 Å². The Morgan fingerprint density at radius 1 is 0.938 bits per heavy atom. The Balaban J connectivity index is 1.31. The van der Waals surface area contributed by atoms with Gasteiger partial charge in [0.25, 0.3) is 0 Å². The van der Waals surface area contributed by atoms with Gasteiger partial charge in [0.15, 0.2) is 11.5 Å². The van der Waals surface area contributed by atoms with Gasteiger partial charge in [0.05, 0.1) is 37.5 Å². The molecule has 3 aromatic rings. The third-order valence-corrected chi connectivity index (χ3v) is 5.86. The number of benzene rings is 2. The molecule has 0 saturated carbocycles. The zero-order chi connectivity index (χ0) is 21.3. The summed E-state index contributed by atoms with van der Waals surface area (Å²) < 4.78 is 16.4. The van der Waals surface area contributed by atoms with Crippen molar-refractivity contribution in [2.45, 2.75) is 6.54 Å². The Hall–Kier alpha value is -3.78. The lowest BCUT2D eigenvalue weighted by molar-refractivity contribution is 0.122. The summed E-state index contributed by atoms with van der Waals surface area (Å²) in [7, 11) is 0. The molecule has 1 saturated heterocycles. The van der Waals surface area contributed by atoms with Gasteiger partial charge in [0.2, 0.25) is 6.79 Å². The van der Waals surface area contributed by atoms with Crippen molar-refractivity contribution in [2.24, 2.45) is 4.99 Å². The van der Waals surface area contributed by atoms with Crippen molar-refractivity contribution in [3.63, 3.8) is 0 Å². The molecule has 8 heteroatoms. The van der Waals surface area contributed by atoms with E-state index in [-0.39, 0.29) is 6.79 Å². The van der Waals surface area contributed by atoms with Gasteiger partial charge in [-0.15, -0.1) is 0 Å². The van der Waals surface area contributed by atoms with Crippen molar-refractivity contribution >= 4 is 29.2 Å². The van der Waals surface area contributed by atoms with Crippen LogP contribution in [0.4, 0.5) is 22.9 Å². The SMILES string of the molecule is C1=NCc2c(cc(-c3ccc4c(c3)OCO4)nc2Nc2ccc(N3CCOCC3)cc2)N1. The summed E-state index contributed by atoms with van der Waals surface area (Å²) in [6, 6.07) is 16.4. The van der Waals surface area contributed by atoms with E-state index >= 15 is 0 Å². The molecule has 1 fully saturated rings. The van der Waals surface area contributed by atoms with Crippen molar-refractivity contribution in [1.29, 1.82) is 0 Å². The lowest BCUT2D eigenvalue weighted by Crippen LogP contribution is -2.36. The molecule has 0 radical (unpaired) electrons. The fourth-order valence-corrected chi connectivity index (χ4v) is 4.13. The van der Waals surface area contributed by atoms with E-state index in [4.69, 9.17) is 19.2 Å². The molecular weight excluding hydrogens is 406 g/mol. The minimum absolute atomic E-state index is 0.252. The van der Waals surface area contributed by atoms with Crippen LogP contribution in [0.3, 0.4) is 0 Å². The van der Waals surface area contributed by atoms with Gasteiger partial charge in [-0.25, -0.2) is 4.98 Å². The summed E-state index contributed by atoms with van der Waals surface area (Å²) >= 11 is 0. The van der Waals surface area contributed by atoms with E-state index in [0.29, 0.717) is 6.54 Å². The van der Waals surface area contributed by atoms with Gasteiger partial charge < -0.3 is 29.7 Å². The molecule has 2 aromatic carbocycles. The minimum atomic E-state index is 0.252. The number of nitrogens with one attached hydrogen (secondary N) is 2. The molecule has 3 aliphatic rings. The Labute approximate surface area is 185 Å². The second kappa shape index (κ2) is 8.05. The highest BCUT2D eigenvalue weighted by Crippen LogP contribution is 2.38. The maximum Gasteiger partial charge on any atom is 0.231 e. The maximum absolute atomic E-state index is 5.55. The van der Waals surface area contributed by atoms with Gasteiger partial charge in [-0.1, -0.05) is 0 Å². The number of anilines is 4. The van der Waals surface area contributed by atoms with Gasteiger partial charge in [-0.3, -0.25) is 4.99 Å². The number of ether oxygens (including phenoxy) is 3. The van der Waals surface area contributed by atoms with E-state index in [1.54, 1.807) is 6.34 Å². The number of pyridine rings is 1. The van der Waals surface area contributed by atoms with E-state index in [0.717, 1.165) is 71.8 Å². The third kappa shape index (κ3) is 3.58. The van der Waals surface area contributed by atoms with Crippen LogP contribution in [0, 0.1) is 0 Å². The minimum Gasteiger partial charge on any atom is -0.454 e. The molecule has 0 atom stereocenters. The molecule has 0 spiro atoms. The second-order valence-electron chi connectivity index (χ2n) is 7.84. The molecule has 0 amide bonds. The van der Waals surface area contributed by atoms with E-state index in [1.807, 2.05) is 24.3 Å². The molecule has 2 N–H and O–H groups in total. The van der Waals surface area contributed by atoms with Crippen LogP contribution in [0.25, 0.3) is 11.3 Å². The Bertz CT molecular complexity index is 1170. The highest BCUT2D eigenvalue weighted by atomic mass is 16.7. The first kappa shape index (κ1) is 18.9. The van der Waals surface area contributed by atoms with Gasteiger partial charge in [0.1, 0.15) is 5.82 Å². The van der Waals surface area contributed by atoms with Crippen LogP contribution in [0.15, 0.2) is 53.5 Å². The zero-order valence-electron chi connectivity index (χ0n) is 17.5. The molecule has 0 aliphatic carbocycles. The van der Waals surface area contributed by atoms with Gasteiger partial charge in [-0.05, 0) is 48.5 Å². The summed E-state index contributed by atoms with van der Waals surface area (Å²) in [4.78, 5) is 11.7. The Kier molecular flexibility index (Phi) is 4.77. The molecule has 3 aliphatic heterocycles. The van der Waals surface area contributed by atoms with Crippen molar-refractivity contribution in [1.82, 2.24) is 4.98 Å². The first-order valence-corrected chi connectivity index (χ1v) is 10.7. The number of aliphatic imine (C=N–C) groups is 1. The predicted molar refractivity (Wildman–Crippen MR) is 124 cm³/mol. The van der Waals surface area contributed by atoms with E-state index in [9.17, 15) is 0 Å². The normalized spacial score (nSPS) is 16.4. The van der Waals surface area contributed by atoms with Gasteiger partial charge >= 0.3 is 0 Å². The average molecular weight is 429 g/mol. The number of rotatable bonds is 4. The quantitative estimate of drug-likeness (QED) is 0.649.